The van der Waals surface area contributed by atoms with E-state index in [1.807, 2.05) is 30.3 Å². The number of amides is 1. The Morgan fingerprint density at radius 3 is 2.26 bits per heavy atom. The molecule has 1 amide bonds. The van der Waals surface area contributed by atoms with Crippen LogP contribution in [0.3, 0.4) is 0 Å². The van der Waals surface area contributed by atoms with Crippen molar-refractivity contribution >= 4 is 23.5 Å². The summed E-state index contributed by atoms with van der Waals surface area (Å²) in [6.45, 7) is 0. The Hall–Kier alpha value is -2.40. The number of carboxylic acid groups (broad SMARTS) is 1. The second kappa shape index (κ2) is 8.09. The van der Waals surface area contributed by atoms with Gasteiger partial charge in [0.05, 0.1) is 0 Å². The van der Waals surface area contributed by atoms with Crippen LogP contribution in [0.25, 0.3) is 0 Å². The number of benzene rings is 2. The Bertz CT molecular complexity index is 819. The molecule has 1 unspecified atom stereocenters. The molecule has 0 bridgehead atoms. The predicted octanol–water partition coefficient (Wildman–Crippen LogP) is 4.40. The molecule has 1 atom stereocenters. The number of halogens is 2. The maximum atomic E-state index is 13.9. The van der Waals surface area contributed by atoms with Crippen molar-refractivity contribution in [2.24, 2.45) is 0 Å². The van der Waals surface area contributed by atoms with E-state index in [0.717, 1.165) is 0 Å². The Labute approximate surface area is 162 Å². The third kappa shape index (κ3) is 4.14. The van der Waals surface area contributed by atoms with Gasteiger partial charge >= 0.3 is 5.97 Å². The fourth-order valence-corrected chi connectivity index (χ4v) is 3.91. The number of aliphatic carboxylic acids is 1. The van der Waals surface area contributed by atoms with E-state index >= 15 is 0 Å². The normalized spacial score (nSPS) is 23.4. The number of carbonyl (C=O) groups excluding carboxylic acids is 1. The molecule has 0 aliphatic heterocycles. The van der Waals surface area contributed by atoms with Crippen LogP contribution < -0.4 is 5.32 Å². The number of nitrogens with one attached hydrogen (secondary N) is 1. The number of carboxylic acids is 1. The van der Waals surface area contributed by atoms with Gasteiger partial charge in [0.15, 0.2) is 0 Å². The highest BCUT2D eigenvalue weighted by atomic mass is 35.5. The lowest BCUT2D eigenvalue weighted by Crippen LogP contribution is -2.56. The lowest BCUT2D eigenvalue weighted by Gasteiger charge is -2.38. The van der Waals surface area contributed by atoms with Gasteiger partial charge < -0.3 is 10.4 Å². The molecule has 0 heterocycles. The summed E-state index contributed by atoms with van der Waals surface area (Å²) in [5.74, 6) is -2.11. The molecule has 0 aromatic heterocycles. The van der Waals surface area contributed by atoms with E-state index in [1.165, 1.54) is 23.8 Å². The molecule has 1 fully saturated rings. The molecule has 1 saturated carbocycles. The number of carbonyl (C=O) groups is 2. The van der Waals surface area contributed by atoms with Gasteiger partial charge in [0.2, 0.25) is 5.91 Å². The maximum absolute atomic E-state index is 13.9. The highest BCUT2D eigenvalue weighted by Crippen LogP contribution is 2.39. The lowest BCUT2D eigenvalue weighted by atomic mass is 9.74. The zero-order valence-electron chi connectivity index (χ0n) is 14.7. The predicted molar refractivity (Wildman–Crippen MR) is 101 cm³/mol. The molecule has 142 valence electrons. The van der Waals surface area contributed by atoms with Gasteiger partial charge in [-0.15, -0.1) is 11.6 Å². The molecule has 2 aromatic rings. The van der Waals surface area contributed by atoms with Gasteiger partial charge in [-0.3, -0.25) is 4.79 Å². The Kier molecular flexibility index (Phi) is 5.80. The molecule has 27 heavy (non-hydrogen) atoms. The van der Waals surface area contributed by atoms with Crippen LogP contribution in [0.2, 0.25) is 0 Å². The molecule has 2 aromatic carbocycles. The van der Waals surface area contributed by atoms with Crippen molar-refractivity contribution in [3.63, 3.8) is 0 Å². The summed E-state index contributed by atoms with van der Waals surface area (Å²) in [5, 5.41) is 11.1. The molecule has 4 nitrogen and oxygen atoms in total. The van der Waals surface area contributed by atoms with Crippen LogP contribution in [0.5, 0.6) is 0 Å². The second-order valence-electron chi connectivity index (χ2n) is 6.95. The van der Waals surface area contributed by atoms with Crippen molar-refractivity contribution in [1.29, 1.82) is 0 Å². The van der Waals surface area contributed by atoms with E-state index in [-0.39, 0.29) is 11.5 Å². The van der Waals surface area contributed by atoms with Crippen molar-refractivity contribution in [3.8, 4) is 0 Å². The molecule has 0 saturated heterocycles. The van der Waals surface area contributed by atoms with E-state index in [1.54, 1.807) is 6.07 Å². The van der Waals surface area contributed by atoms with Gasteiger partial charge in [-0.05, 0) is 43.2 Å². The SMILES string of the molecule is O=C(NC1(C(=O)O)CCC(c2ccccc2)CC1)C(Cl)c1ccccc1F. The average Bonchev–Trinajstić information content (AvgIpc) is 2.69. The number of hydrogen-bond acceptors (Lipinski definition) is 2. The number of hydrogen-bond donors (Lipinski definition) is 2. The van der Waals surface area contributed by atoms with Crippen LogP contribution >= 0.6 is 11.6 Å². The Balaban J connectivity index is 1.72. The fourth-order valence-electron chi connectivity index (χ4n) is 3.68. The van der Waals surface area contributed by atoms with Crippen molar-refractivity contribution in [2.45, 2.75) is 42.5 Å². The van der Waals surface area contributed by atoms with Gasteiger partial charge in [0.1, 0.15) is 16.7 Å². The van der Waals surface area contributed by atoms with Crippen molar-refractivity contribution in [1.82, 2.24) is 5.32 Å². The monoisotopic (exact) mass is 389 g/mol. The molecule has 0 radical (unpaired) electrons. The molecular formula is C21H21ClFNO3. The van der Waals surface area contributed by atoms with Crippen LogP contribution in [0.1, 0.15) is 48.1 Å². The molecule has 6 heteroatoms. The van der Waals surface area contributed by atoms with Crippen molar-refractivity contribution in [2.75, 3.05) is 0 Å². The van der Waals surface area contributed by atoms with Crippen molar-refractivity contribution < 1.29 is 19.1 Å². The third-order valence-corrected chi connectivity index (χ3v) is 5.72. The first kappa shape index (κ1) is 19.4. The number of alkyl halides is 1. The van der Waals surface area contributed by atoms with Gasteiger partial charge in [-0.2, -0.15) is 0 Å². The van der Waals surface area contributed by atoms with E-state index in [2.05, 4.69) is 5.32 Å². The molecule has 2 N–H and O–H groups in total. The third-order valence-electron chi connectivity index (χ3n) is 5.29. The molecule has 1 aliphatic carbocycles. The second-order valence-corrected chi connectivity index (χ2v) is 7.38. The highest BCUT2D eigenvalue weighted by Gasteiger charge is 2.44. The van der Waals surface area contributed by atoms with E-state index < -0.39 is 28.6 Å². The summed E-state index contributed by atoms with van der Waals surface area (Å²) in [4.78, 5) is 24.5. The summed E-state index contributed by atoms with van der Waals surface area (Å²) in [7, 11) is 0. The van der Waals surface area contributed by atoms with Crippen LogP contribution in [0, 0.1) is 5.82 Å². The van der Waals surface area contributed by atoms with Crippen LogP contribution in [-0.4, -0.2) is 22.5 Å². The van der Waals surface area contributed by atoms with Crippen molar-refractivity contribution in [3.05, 3.63) is 71.5 Å². The topological polar surface area (TPSA) is 66.4 Å². The first-order valence-electron chi connectivity index (χ1n) is 8.92. The molecule has 3 rings (SSSR count). The van der Waals surface area contributed by atoms with Gasteiger partial charge in [0, 0.05) is 5.56 Å². The largest absolute Gasteiger partial charge is 0.480 e. The first-order valence-corrected chi connectivity index (χ1v) is 9.35. The summed E-state index contributed by atoms with van der Waals surface area (Å²) >= 11 is 6.13. The highest BCUT2D eigenvalue weighted by molar-refractivity contribution is 6.31. The zero-order chi connectivity index (χ0) is 19.4. The standard InChI is InChI=1S/C21H21ClFNO3/c22-18(16-8-4-5-9-17(16)23)19(25)24-21(20(26)27)12-10-15(11-13-21)14-6-2-1-3-7-14/h1-9,15,18H,10-13H2,(H,24,25)(H,26,27). The smallest absolute Gasteiger partial charge is 0.329 e. The van der Waals surface area contributed by atoms with Gasteiger partial charge in [0.25, 0.3) is 0 Å². The van der Waals surface area contributed by atoms with Gasteiger partial charge in [-0.1, -0.05) is 48.5 Å². The van der Waals surface area contributed by atoms with E-state index in [0.29, 0.717) is 25.7 Å². The maximum Gasteiger partial charge on any atom is 0.329 e. The minimum atomic E-state index is -1.37. The first-order chi connectivity index (χ1) is 12.9. The summed E-state index contributed by atoms with van der Waals surface area (Å²) in [6.07, 6.45) is 1.88. The fraction of sp³-hybridized carbons (Fsp3) is 0.333. The molecule has 1 aliphatic rings. The summed E-state index contributed by atoms with van der Waals surface area (Å²) < 4.78 is 13.9. The van der Waals surface area contributed by atoms with Crippen LogP contribution in [0.15, 0.2) is 54.6 Å². The summed E-state index contributed by atoms with van der Waals surface area (Å²) in [6, 6.07) is 15.7. The number of rotatable bonds is 5. The van der Waals surface area contributed by atoms with E-state index in [9.17, 15) is 19.1 Å². The van der Waals surface area contributed by atoms with Crippen LogP contribution in [0.4, 0.5) is 4.39 Å². The minimum absolute atomic E-state index is 0.0372. The average molecular weight is 390 g/mol. The lowest BCUT2D eigenvalue weighted by molar-refractivity contribution is -0.149. The molecular weight excluding hydrogens is 369 g/mol. The quantitative estimate of drug-likeness (QED) is 0.745. The minimum Gasteiger partial charge on any atom is -0.480 e. The zero-order valence-corrected chi connectivity index (χ0v) is 15.5. The van der Waals surface area contributed by atoms with Gasteiger partial charge in [-0.25, -0.2) is 9.18 Å². The Morgan fingerprint density at radius 1 is 1.07 bits per heavy atom. The summed E-state index contributed by atoms with van der Waals surface area (Å²) in [5.41, 5.74) is -0.166. The van der Waals surface area contributed by atoms with Crippen LogP contribution in [-0.2, 0) is 9.59 Å². The Morgan fingerprint density at radius 2 is 1.67 bits per heavy atom. The molecule has 0 spiro atoms. The van der Waals surface area contributed by atoms with E-state index in [4.69, 9.17) is 11.6 Å².